The molecule has 0 amide bonds. The van der Waals surface area contributed by atoms with Gasteiger partial charge in [-0.15, -0.1) is 0 Å². The second kappa shape index (κ2) is 11.4. The molecule has 0 bridgehead atoms. The monoisotopic (exact) mass is 384 g/mol. The van der Waals surface area contributed by atoms with Crippen molar-refractivity contribution in [1.82, 2.24) is 0 Å². The summed E-state index contributed by atoms with van der Waals surface area (Å²) < 4.78 is 0. The second-order valence-corrected chi connectivity index (χ2v) is 6.54. The molecule has 6 nitrogen and oxygen atoms in total. The minimum absolute atomic E-state index is 0.00570. The van der Waals surface area contributed by atoms with Crippen molar-refractivity contribution in [1.29, 1.82) is 0 Å². The zero-order valence-electron chi connectivity index (χ0n) is 16.0. The molecule has 0 heterocycles. The Bertz CT molecular complexity index is 770. The van der Waals surface area contributed by atoms with Gasteiger partial charge in [0.1, 0.15) is 11.6 Å². The number of ketones is 2. The van der Waals surface area contributed by atoms with Crippen LogP contribution in [0, 0.1) is 0 Å². The number of hydrogen-bond donors (Lipinski definition) is 2. The molecule has 0 saturated heterocycles. The summed E-state index contributed by atoms with van der Waals surface area (Å²) in [5.41, 5.74) is 3.28. The molecule has 2 N–H and O–H groups in total. The summed E-state index contributed by atoms with van der Waals surface area (Å²) in [7, 11) is 0. The molecule has 0 saturated carbocycles. The molecule has 0 unspecified atom stereocenters. The molecule has 0 atom stereocenters. The first kappa shape index (κ1) is 22.8. The molecule has 0 aliphatic heterocycles. The highest BCUT2D eigenvalue weighted by atomic mass is 16.4. The molecule has 0 spiro atoms. The SMILES string of the molecule is CC(=O)Cc1ccc(CC(=O)O)cc1.CC(=O)Cc1cccc(CC(=O)O)c1. The van der Waals surface area contributed by atoms with Gasteiger partial charge in [0.25, 0.3) is 0 Å². The fraction of sp³-hybridized carbons (Fsp3) is 0.273. The topological polar surface area (TPSA) is 109 Å². The molecule has 0 aliphatic carbocycles. The molecule has 0 aliphatic rings. The van der Waals surface area contributed by atoms with Gasteiger partial charge in [-0.05, 0) is 36.1 Å². The average molecular weight is 384 g/mol. The number of Topliss-reactive ketones (excluding diaryl/α,β-unsaturated/α-hetero) is 2. The van der Waals surface area contributed by atoms with Crippen molar-refractivity contribution in [3.05, 3.63) is 70.8 Å². The molecule has 6 heteroatoms. The Morgan fingerprint density at radius 2 is 0.964 bits per heavy atom. The van der Waals surface area contributed by atoms with Gasteiger partial charge >= 0.3 is 11.9 Å². The van der Waals surface area contributed by atoms with E-state index in [4.69, 9.17) is 10.2 Å². The van der Waals surface area contributed by atoms with Crippen LogP contribution in [0.15, 0.2) is 48.5 Å². The van der Waals surface area contributed by atoms with Gasteiger partial charge in [-0.2, -0.15) is 0 Å². The number of carbonyl (C=O) groups excluding carboxylic acids is 2. The van der Waals surface area contributed by atoms with Gasteiger partial charge in [0, 0.05) is 12.8 Å². The highest BCUT2D eigenvalue weighted by molar-refractivity contribution is 5.78. The summed E-state index contributed by atoms with van der Waals surface area (Å²) in [4.78, 5) is 42.4. The van der Waals surface area contributed by atoms with Crippen molar-refractivity contribution < 1.29 is 29.4 Å². The lowest BCUT2D eigenvalue weighted by atomic mass is 10.0. The van der Waals surface area contributed by atoms with E-state index in [-0.39, 0.29) is 24.4 Å². The summed E-state index contributed by atoms with van der Waals surface area (Å²) in [6, 6.07) is 14.2. The maximum atomic E-state index is 10.8. The largest absolute Gasteiger partial charge is 0.481 e. The van der Waals surface area contributed by atoms with Crippen molar-refractivity contribution in [2.45, 2.75) is 39.5 Å². The lowest BCUT2D eigenvalue weighted by molar-refractivity contribution is -0.137. The number of carboxylic acids is 2. The molecule has 0 aromatic heterocycles. The van der Waals surface area contributed by atoms with Gasteiger partial charge in [0.2, 0.25) is 0 Å². The zero-order valence-corrected chi connectivity index (χ0v) is 16.0. The number of aliphatic carboxylic acids is 2. The van der Waals surface area contributed by atoms with E-state index in [9.17, 15) is 19.2 Å². The Morgan fingerprint density at radius 1 is 0.607 bits per heavy atom. The number of carbonyl (C=O) groups is 4. The summed E-state index contributed by atoms with van der Waals surface area (Å²) in [6.07, 6.45) is 0.812. The Morgan fingerprint density at radius 3 is 1.39 bits per heavy atom. The Hall–Kier alpha value is -3.28. The van der Waals surface area contributed by atoms with Crippen molar-refractivity contribution in [2.75, 3.05) is 0 Å². The van der Waals surface area contributed by atoms with Crippen LogP contribution in [-0.4, -0.2) is 33.7 Å². The Kier molecular flexibility index (Phi) is 9.30. The maximum Gasteiger partial charge on any atom is 0.307 e. The van der Waals surface area contributed by atoms with Crippen molar-refractivity contribution in [3.8, 4) is 0 Å². The van der Waals surface area contributed by atoms with Crippen molar-refractivity contribution >= 4 is 23.5 Å². The van der Waals surface area contributed by atoms with E-state index in [0.29, 0.717) is 12.8 Å². The van der Waals surface area contributed by atoms with E-state index >= 15 is 0 Å². The van der Waals surface area contributed by atoms with Crippen LogP contribution >= 0.6 is 0 Å². The van der Waals surface area contributed by atoms with Gasteiger partial charge in [-0.3, -0.25) is 19.2 Å². The summed E-state index contributed by atoms with van der Waals surface area (Å²) >= 11 is 0. The van der Waals surface area contributed by atoms with Crippen molar-refractivity contribution in [3.63, 3.8) is 0 Å². The van der Waals surface area contributed by atoms with Crippen LogP contribution < -0.4 is 0 Å². The second-order valence-electron chi connectivity index (χ2n) is 6.54. The molecular formula is C22H24O6. The van der Waals surface area contributed by atoms with E-state index in [1.807, 2.05) is 6.07 Å². The quantitative estimate of drug-likeness (QED) is 0.724. The fourth-order valence-electron chi connectivity index (χ4n) is 2.55. The summed E-state index contributed by atoms with van der Waals surface area (Å²) in [6.45, 7) is 3.05. The molecule has 2 rings (SSSR count). The van der Waals surface area contributed by atoms with Crippen molar-refractivity contribution in [2.24, 2.45) is 0 Å². The molecule has 0 fully saturated rings. The normalized spacial score (nSPS) is 9.79. The highest BCUT2D eigenvalue weighted by Crippen LogP contribution is 2.07. The number of rotatable bonds is 8. The van der Waals surface area contributed by atoms with Crippen LogP contribution in [0.2, 0.25) is 0 Å². The maximum absolute atomic E-state index is 10.8. The average Bonchev–Trinajstić information content (AvgIpc) is 2.55. The zero-order chi connectivity index (χ0) is 21.1. The van der Waals surface area contributed by atoms with Gasteiger partial charge in [0.15, 0.2) is 0 Å². The molecule has 2 aromatic carbocycles. The van der Waals surface area contributed by atoms with E-state index < -0.39 is 11.9 Å². The van der Waals surface area contributed by atoms with Crippen LogP contribution in [0.4, 0.5) is 0 Å². The Balaban J connectivity index is 0.000000280. The molecule has 148 valence electrons. The third-order valence-corrected chi connectivity index (χ3v) is 3.63. The van der Waals surface area contributed by atoms with Crippen LogP contribution in [0.25, 0.3) is 0 Å². The Labute approximate surface area is 163 Å². The van der Waals surface area contributed by atoms with E-state index in [0.717, 1.165) is 22.3 Å². The number of carboxylic acid groups (broad SMARTS) is 2. The molecule has 28 heavy (non-hydrogen) atoms. The standard InChI is InChI=1S/2C11H12O3/c1-8(12)6-9-2-4-10(5-3-9)7-11(13)14;1-8(12)5-9-3-2-4-10(6-9)7-11(13)14/h2-5H,6-7H2,1H3,(H,13,14);2-4,6H,5,7H2,1H3,(H,13,14). The predicted octanol–water partition coefficient (Wildman–Crippen LogP) is 2.89. The highest BCUT2D eigenvalue weighted by Gasteiger charge is 2.03. The lowest BCUT2D eigenvalue weighted by Crippen LogP contribution is -2.02. The molecule has 0 radical (unpaired) electrons. The first-order valence-corrected chi connectivity index (χ1v) is 8.73. The third-order valence-electron chi connectivity index (χ3n) is 3.63. The summed E-state index contributed by atoms with van der Waals surface area (Å²) in [5.74, 6) is -1.51. The number of hydrogen-bond acceptors (Lipinski definition) is 4. The van der Waals surface area contributed by atoms with E-state index in [1.54, 1.807) is 42.5 Å². The summed E-state index contributed by atoms with van der Waals surface area (Å²) in [5, 5.41) is 17.1. The first-order chi connectivity index (χ1) is 13.2. The predicted molar refractivity (Wildman–Crippen MR) is 104 cm³/mol. The van der Waals surface area contributed by atoms with E-state index in [2.05, 4.69) is 0 Å². The van der Waals surface area contributed by atoms with Gasteiger partial charge < -0.3 is 10.2 Å². The van der Waals surface area contributed by atoms with Gasteiger partial charge in [-0.25, -0.2) is 0 Å². The first-order valence-electron chi connectivity index (χ1n) is 8.73. The van der Waals surface area contributed by atoms with Crippen LogP contribution in [0.1, 0.15) is 36.1 Å². The van der Waals surface area contributed by atoms with Gasteiger partial charge in [0.05, 0.1) is 12.8 Å². The third kappa shape index (κ3) is 10.0. The fourth-order valence-corrected chi connectivity index (χ4v) is 2.55. The smallest absolute Gasteiger partial charge is 0.307 e. The van der Waals surface area contributed by atoms with E-state index in [1.165, 1.54) is 13.8 Å². The van der Waals surface area contributed by atoms with Gasteiger partial charge in [-0.1, -0.05) is 48.5 Å². The van der Waals surface area contributed by atoms with Crippen LogP contribution in [0.5, 0.6) is 0 Å². The number of benzene rings is 2. The minimum Gasteiger partial charge on any atom is -0.481 e. The van der Waals surface area contributed by atoms with Crippen LogP contribution in [0.3, 0.4) is 0 Å². The molecular weight excluding hydrogens is 360 g/mol. The minimum atomic E-state index is -0.857. The molecule has 2 aromatic rings. The lowest BCUT2D eigenvalue weighted by Gasteiger charge is -2.01. The van der Waals surface area contributed by atoms with Crippen LogP contribution in [-0.2, 0) is 44.9 Å².